The van der Waals surface area contributed by atoms with Crippen molar-refractivity contribution < 1.29 is 4.74 Å². The fraction of sp³-hybridized carbons (Fsp3) is 0.400. The summed E-state index contributed by atoms with van der Waals surface area (Å²) < 4.78 is 5.19. The fourth-order valence-electron chi connectivity index (χ4n) is 1.18. The number of aryl methyl sites for hydroxylation is 1. The lowest BCUT2D eigenvalue weighted by atomic mass is 10.2. The van der Waals surface area contributed by atoms with E-state index in [0.29, 0.717) is 11.6 Å². The van der Waals surface area contributed by atoms with E-state index in [1.807, 2.05) is 13.0 Å². The molecule has 0 atom stereocenters. The van der Waals surface area contributed by atoms with Crippen molar-refractivity contribution in [3.8, 4) is 5.75 Å². The molecule has 78 valence electrons. The van der Waals surface area contributed by atoms with Gasteiger partial charge in [-0.2, -0.15) is 0 Å². The maximum absolute atomic E-state index is 5.97. The molecular formula is C10H15ClN2O. The first-order valence-corrected chi connectivity index (χ1v) is 4.85. The Balaban J connectivity index is 2.95. The molecule has 1 aromatic rings. The molecule has 0 spiro atoms. The van der Waals surface area contributed by atoms with E-state index in [1.54, 1.807) is 13.2 Å². The van der Waals surface area contributed by atoms with Crippen LogP contribution in [-0.4, -0.2) is 20.2 Å². The van der Waals surface area contributed by atoms with E-state index >= 15 is 0 Å². The van der Waals surface area contributed by atoms with Crippen molar-refractivity contribution in [2.75, 3.05) is 25.5 Å². The van der Waals surface area contributed by atoms with Crippen molar-refractivity contribution in [1.82, 2.24) is 0 Å². The second-order valence-electron chi connectivity index (χ2n) is 3.02. The van der Waals surface area contributed by atoms with Gasteiger partial charge in [0.2, 0.25) is 0 Å². The average molecular weight is 215 g/mol. The quantitative estimate of drug-likeness (QED) is 0.807. The molecule has 0 aliphatic rings. The number of nitrogens with two attached hydrogens (primary N) is 1. The lowest BCUT2D eigenvalue weighted by Crippen LogP contribution is -2.13. The van der Waals surface area contributed by atoms with Crippen molar-refractivity contribution in [1.29, 1.82) is 0 Å². The van der Waals surface area contributed by atoms with E-state index in [1.165, 1.54) is 0 Å². The molecule has 0 aliphatic heterocycles. The van der Waals surface area contributed by atoms with Gasteiger partial charge in [-0.15, -0.1) is 0 Å². The van der Waals surface area contributed by atoms with Gasteiger partial charge in [-0.05, 0) is 18.6 Å². The number of methoxy groups -OCH3 is 1. The molecule has 0 aliphatic carbocycles. The Morgan fingerprint density at radius 2 is 2.21 bits per heavy atom. The van der Waals surface area contributed by atoms with Gasteiger partial charge < -0.3 is 15.8 Å². The van der Waals surface area contributed by atoms with Gasteiger partial charge in [0.05, 0.1) is 12.8 Å². The summed E-state index contributed by atoms with van der Waals surface area (Å²) in [6.45, 7) is 3.26. The summed E-state index contributed by atoms with van der Waals surface area (Å²) in [6, 6.07) is 3.76. The highest BCUT2D eigenvalue weighted by Gasteiger charge is 2.05. The first kappa shape index (κ1) is 11.1. The molecule has 0 fully saturated rings. The topological polar surface area (TPSA) is 47.3 Å². The van der Waals surface area contributed by atoms with Gasteiger partial charge in [0.1, 0.15) is 5.75 Å². The van der Waals surface area contributed by atoms with Crippen molar-refractivity contribution in [2.45, 2.75) is 6.92 Å². The standard InChI is InChI=1S/C10H15ClN2O/c1-7-5-9(13-4-3-12)10(14-2)6-8(7)11/h5-6,13H,3-4,12H2,1-2H3. The minimum absolute atomic E-state index is 0.588. The zero-order valence-electron chi connectivity index (χ0n) is 8.43. The van der Waals surface area contributed by atoms with Crippen LogP contribution in [0, 0.1) is 6.92 Å². The Morgan fingerprint density at radius 3 is 2.79 bits per heavy atom. The van der Waals surface area contributed by atoms with Gasteiger partial charge in [0.25, 0.3) is 0 Å². The molecule has 3 N–H and O–H groups in total. The van der Waals surface area contributed by atoms with Crippen LogP contribution in [-0.2, 0) is 0 Å². The summed E-state index contributed by atoms with van der Waals surface area (Å²) >= 11 is 5.97. The van der Waals surface area contributed by atoms with Gasteiger partial charge in [-0.25, -0.2) is 0 Å². The number of nitrogens with one attached hydrogen (secondary N) is 1. The zero-order chi connectivity index (χ0) is 10.6. The van der Waals surface area contributed by atoms with Crippen LogP contribution in [0.25, 0.3) is 0 Å². The van der Waals surface area contributed by atoms with E-state index in [2.05, 4.69) is 5.32 Å². The molecule has 0 saturated carbocycles. The van der Waals surface area contributed by atoms with E-state index in [0.717, 1.165) is 23.5 Å². The summed E-state index contributed by atoms with van der Waals surface area (Å²) in [7, 11) is 1.62. The Morgan fingerprint density at radius 1 is 1.50 bits per heavy atom. The van der Waals surface area contributed by atoms with Crippen LogP contribution in [0.15, 0.2) is 12.1 Å². The Hall–Kier alpha value is -0.930. The normalized spacial score (nSPS) is 10.0. The highest BCUT2D eigenvalue weighted by Crippen LogP contribution is 2.30. The van der Waals surface area contributed by atoms with Crippen molar-refractivity contribution in [3.05, 3.63) is 22.7 Å². The number of rotatable bonds is 4. The zero-order valence-corrected chi connectivity index (χ0v) is 9.19. The van der Waals surface area contributed by atoms with Gasteiger partial charge in [0, 0.05) is 24.2 Å². The minimum atomic E-state index is 0.588. The molecule has 1 rings (SSSR count). The lowest BCUT2D eigenvalue weighted by molar-refractivity contribution is 0.416. The molecular weight excluding hydrogens is 200 g/mol. The van der Waals surface area contributed by atoms with Crippen LogP contribution < -0.4 is 15.8 Å². The van der Waals surface area contributed by atoms with E-state index in [4.69, 9.17) is 22.1 Å². The second kappa shape index (κ2) is 5.08. The third kappa shape index (κ3) is 2.53. The molecule has 3 nitrogen and oxygen atoms in total. The number of halogens is 1. The third-order valence-corrected chi connectivity index (χ3v) is 2.35. The number of anilines is 1. The Labute approximate surface area is 89.2 Å². The molecule has 14 heavy (non-hydrogen) atoms. The van der Waals surface area contributed by atoms with Crippen molar-refractivity contribution in [3.63, 3.8) is 0 Å². The third-order valence-electron chi connectivity index (χ3n) is 1.94. The van der Waals surface area contributed by atoms with E-state index < -0.39 is 0 Å². The number of ether oxygens (including phenoxy) is 1. The first-order chi connectivity index (χ1) is 6.69. The maximum Gasteiger partial charge on any atom is 0.143 e. The Kier molecular flexibility index (Phi) is 4.04. The summed E-state index contributed by atoms with van der Waals surface area (Å²) in [6.07, 6.45) is 0. The smallest absolute Gasteiger partial charge is 0.143 e. The molecule has 0 heterocycles. The Bertz CT molecular complexity index is 315. The van der Waals surface area contributed by atoms with Gasteiger partial charge in [-0.3, -0.25) is 0 Å². The molecule has 0 unspecified atom stereocenters. The average Bonchev–Trinajstić information content (AvgIpc) is 2.19. The van der Waals surface area contributed by atoms with Gasteiger partial charge in [-0.1, -0.05) is 11.6 Å². The summed E-state index contributed by atoms with van der Waals surface area (Å²) in [4.78, 5) is 0. The van der Waals surface area contributed by atoms with Crippen LogP contribution in [0.1, 0.15) is 5.56 Å². The predicted molar refractivity (Wildman–Crippen MR) is 60.3 cm³/mol. The fourth-order valence-corrected chi connectivity index (χ4v) is 1.33. The van der Waals surface area contributed by atoms with Gasteiger partial charge in [0.15, 0.2) is 0 Å². The minimum Gasteiger partial charge on any atom is -0.495 e. The van der Waals surface area contributed by atoms with Crippen LogP contribution in [0.3, 0.4) is 0 Å². The predicted octanol–water partition coefficient (Wildman–Crippen LogP) is 2.03. The summed E-state index contributed by atoms with van der Waals surface area (Å²) in [5, 5.41) is 3.88. The van der Waals surface area contributed by atoms with Gasteiger partial charge >= 0.3 is 0 Å². The van der Waals surface area contributed by atoms with Crippen LogP contribution in [0.5, 0.6) is 5.75 Å². The number of benzene rings is 1. The summed E-state index contributed by atoms with van der Waals surface area (Å²) in [5.41, 5.74) is 7.36. The highest BCUT2D eigenvalue weighted by molar-refractivity contribution is 6.31. The van der Waals surface area contributed by atoms with Crippen molar-refractivity contribution in [2.24, 2.45) is 5.73 Å². The molecule has 4 heteroatoms. The van der Waals surface area contributed by atoms with Crippen LogP contribution in [0.2, 0.25) is 5.02 Å². The molecule has 0 radical (unpaired) electrons. The highest BCUT2D eigenvalue weighted by atomic mass is 35.5. The second-order valence-corrected chi connectivity index (χ2v) is 3.42. The number of hydrogen-bond acceptors (Lipinski definition) is 3. The van der Waals surface area contributed by atoms with Crippen molar-refractivity contribution >= 4 is 17.3 Å². The largest absolute Gasteiger partial charge is 0.495 e. The van der Waals surface area contributed by atoms with Crippen LogP contribution in [0.4, 0.5) is 5.69 Å². The molecule has 1 aromatic carbocycles. The monoisotopic (exact) mass is 214 g/mol. The van der Waals surface area contributed by atoms with Crippen LogP contribution >= 0.6 is 11.6 Å². The van der Waals surface area contributed by atoms with E-state index in [9.17, 15) is 0 Å². The van der Waals surface area contributed by atoms with E-state index in [-0.39, 0.29) is 0 Å². The molecule has 0 saturated heterocycles. The summed E-state index contributed by atoms with van der Waals surface area (Å²) in [5.74, 6) is 0.744. The number of hydrogen-bond donors (Lipinski definition) is 2. The maximum atomic E-state index is 5.97. The lowest BCUT2D eigenvalue weighted by Gasteiger charge is -2.12. The SMILES string of the molecule is COc1cc(Cl)c(C)cc1NCCN. The molecule has 0 aromatic heterocycles. The first-order valence-electron chi connectivity index (χ1n) is 4.47. The molecule has 0 amide bonds. The molecule has 0 bridgehead atoms.